The molecule has 3 aromatic rings. The minimum Gasteiger partial charge on any atom is -0.349 e. The summed E-state index contributed by atoms with van der Waals surface area (Å²) in [5.41, 5.74) is 10.1. The van der Waals surface area contributed by atoms with Crippen molar-refractivity contribution in [2.24, 2.45) is 5.73 Å². The van der Waals surface area contributed by atoms with E-state index in [-0.39, 0.29) is 32.0 Å². The van der Waals surface area contributed by atoms with Crippen LogP contribution in [0.1, 0.15) is 22.3 Å². The van der Waals surface area contributed by atoms with Gasteiger partial charge in [-0.05, 0) is 41.3 Å². The second kappa shape index (κ2) is 11.5. The van der Waals surface area contributed by atoms with Gasteiger partial charge >= 0.3 is 6.03 Å². The Kier molecular flexibility index (Phi) is 7.97. The lowest BCUT2D eigenvalue weighted by Gasteiger charge is -2.29. The maximum absolute atomic E-state index is 13.4. The molecule has 0 radical (unpaired) electrons. The highest BCUT2D eigenvalue weighted by molar-refractivity contribution is 5.96. The molecular weight excluding hydrogens is 454 g/mol. The zero-order valence-electron chi connectivity index (χ0n) is 20.3. The van der Waals surface area contributed by atoms with Crippen LogP contribution in [0.5, 0.6) is 0 Å². The smallest absolute Gasteiger partial charge is 0.323 e. The lowest BCUT2D eigenvalue weighted by atomic mass is 10.1. The van der Waals surface area contributed by atoms with E-state index in [2.05, 4.69) is 10.6 Å². The number of carbonyl (C=O) groups excluding carboxylic acids is 3. The molecule has 4 N–H and O–H groups in total. The Morgan fingerprint density at radius 2 is 1.56 bits per heavy atom. The van der Waals surface area contributed by atoms with E-state index in [4.69, 9.17) is 5.73 Å². The molecule has 8 nitrogen and oxygen atoms in total. The fraction of sp³-hybridized carbons (Fsp3) is 0.250. The highest BCUT2D eigenvalue weighted by Crippen LogP contribution is 2.20. The van der Waals surface area contributed by atoms with Gasteiger partial charge in [-0.15, -0.1) is 0 Å². The Labute approximate surface area is 211 Å². The molecule has 1 aliphatic rings. The molecule has 4 amide bonds. The van der Waals surface area contributed by atoms with E-state index < -0.39 is 18.1 Å². The number of amides is 4. The Balaban J connectivity index is 1.52. The number of rotatable bonds is 7. The molecule has 1 heterocycles. The van der Waals surface area contributed by atoms with E-state index in [1.165, 1.54) is 9.80 Å². The van der Waals surface area contributed by atoms with Crippen LogP contribution in [0.25, 0.3) is 0 Å². The van der Waals surface area contributed by atoms with Crippen LogP contribution in [0.4, 0.5) is 10.5 Å². The van der Waals surface area contributed by atoms with Crippen LogP contribution in [0.3, 0.4) is 0 Å². The quantitative estimate of drug-likeness (QED) is 0.478. The molecule has 0 bridgehead atoms. The number of urea groups is 1. The Bertz CT molecular complexity index is 1230. The van der Waals surface area contributed by atoms with Gasteiger partial charge in [-0.25, -0.2) is 4.79 Å². The molecular formula is C28H31N5O3. The lowest BCUT2D eigenvalue weighted by Crippen LogP contribution is -2.54. The molecule has 8 heteroatoms. The third kappa shape index (κ3) is 6.09. The van der Waals surface area contributed by atoms with E-state index in [0.29, 0.717) is 12.2 Å². The zero-order valence-corrected chi connectivity index (χ0v) is 20.3. The lowest BCUT2D eigenvalue weighted by molar-refractivity contribution is -0.140. The third-order valence-corrected chi connectivity index (χ3v) is 6.15. The van der Waals surface area contributed by atoms with E-state index in [0.717, 1.165) is 22.3 Å². The summed E-state index contributed by atoms with van der Waals surface area (Å²) in [5, 5.41) is 5.77. The molecule has 4 rings (SSSR count). The molecule has 0 aliphatic carbocycles. The highest BCUT2D eigenvalue weighted by atomic mass is 16.2. The van der Waals surface area contributed by atoms with Gasteiger partial charge in [0.1, 0.15) is 0 Å². The summed E-state index contributed by atoms with van der Waals surface area (Å²) in [6, 6.07) is 24.0. The summed E-state index contributed by atoms with van der Waals surface area (Å²) in [7, 11) is 0. The van der Waals surface area contributed by atoms with Crippen molar-refractivity contribution in [1.29, 1.82) is 0 Å². The average molecular weight is 486 g/mol. The second-order valence-corrected chi connectivity index (χ2v) is 8.86. The predicted octanol–water partition coefficient (Wildman–Crippen LogP) is 3.02. The van der Waals surface area contributed by atoms with Crippen LogP contribution in [0, 0.1) is 6.92 Å². The third-order valence-electron chi connectivity index (χ3n) is 6.15. The van der Waals surface area contributed by atoms with Crippen molar-refractivity contribution in [3.63, 3.8) is 0 Å². The summed E-state index contributed by atoms with van der Waals surface area (Å²) < 4.78 is 0. The van der Waals surface area contributed by atoms with Crippen molar-refractivity contribution in [2.75, 3.05) is 18.4 Å². The van der Waals surface area contributed by atoms with Gasteiger partial charge in [0.2, 0.25) is 5.91 Å². The number of carbonyl (C=O) groups is 3. The van der Waals surface area contributed by atoms with Gasteiger partial charge < -0.3 is 21.3 Å². The van der Waals surface area contributed by atoms with Gasteiger partial charge in [0, 0.05) is 31.9 Å². The predicted molar refractivity (Wildman–Crippen MR) is 139 cm³/mol. The first-order chi connectivity index (χ1) is 17.4. The standard InChI is InChI=1S/C28H31N5O3/c1-20-7-5-12-24(15-20)31-28(36)33-14-13-32(25(34)17-21-8-3-2-4-9-21)27(33)26(35)30-19-23-11-6-10-22(16-23)18-29/h2-12,15-16,27H,13-14,17-19,29H2,1H3,(H,30,35)(H,31,36). The van der Waals surface area contributed by atoms with E-state index in [1.807, 2.05) is 79.7 Å². The van der Waals surface area contributed by atoms with Gasteiger partial charge in [0.15, 0.2) is 6.17 Å². The van der Waals surface area contributed by atoms with Crippen molar-refractivity contribution in [1.82, 2.24) is 15.1 Å². The van der Waals surface area contributed by atoms with E-state index >= 15 is 0 Å². The summed E-state index contributed by atoms with van der Waals surface area (Å²) in [4.78, 5) is 42.7. The van der Waals surface area contributed by atoms with Crippen LogP contribution in [0.2, 0.25) is 0 Å². The molecule has 0 aromatic heterocycles. The summed E-state index contributed by atoms with van der Waals surface area (Å²) >= 11 is 0. The van der Waals surface area contributed by atoms with Crippen LogP contribution >= 0.6 is 0 Å². The number of benzene rings is 3. The zero-order chi connectivity index (χ0) is 25.5. The largest absolute Gasteiger partial charge is 0.349 e. The number of nitrogens with two attached hydrogens (primary N) is 1. The fourth-order valence-corrected chi connectivity index (χ4v) is 4.32. The molecule has 3 aromatic carbocycles. The first-order valence-electron chi connectivity index (χ1n) is 12.0. The average Bonchev–Trinajstić information content (AvgIpc) is 3.34. The number of aryl methyl sites for hydroxylation is 1. The van der Waals surface area contributed by atoms with Gasteiger partial charge in [-0.3, -0.25) is 14.5 Å². The summed E-state index contributed by atoms with van der Waals surface area (Å²) in [6.07, 6.45) is -0.903. The number of nitrogens with zero attached hydrogens (tertiary/aromatic N) is 2. The van der Waals surface area contributed by atoms with Gasteiger partial charge in [0.25, 0.3) is 5.91 Å². The van der Waals surface area contributed by atoms with Crippen LogP contribution in [-0.4, -0.2) is 46.9 Å². The molecule has 0 saturated carbocycles. The normalized spacial score (nSPS) is 15.0. The second-order valence-electron chi connectivity index (χ2n) is 8.86. The molecule has 1 aliphatic heterocycles. The Hall–Kier alpha value is -4.17. The topological polar surface area (TPSA) is 108 Å². The first kappa shape index (κ1) is 24.9. The van der Waals surface area contributed by atoms with E-state index in [9.17, 15) is 14.4 Å². The monoisotopic (exact) mass is 485 g/mol. The molecule has 1 atom stereocenters. The van der Waals surface area contributed by atoms with Crippen LogP contribution in [0.15, 0.2) is 78.9 Å². The van der Waals surface area contributed by atoms with Crippen LogP contribution < -0.4 is 16.4 Å². The number of hydrogen-bond donors (Lipinski definition) is 3. The van der Waals surface area contributed by atoms with Crippen molar-refractivity contribution >= 4 is 23.5 Å². The maximum atomic E-state index is 13.4. The van der Waals surface area contributed by atoms with E-state index in [1.54, 1.807) is 6.07 Å². The van der Waals surface area contributed by atoms with Crippen molar-refractivity contribution in [3.05, 3.63) is 101 Å². The van der Waals surface area contributed by atoms with Gasteiger partial charge in [-0.2, -0.15) is 0 Å². The molecule has 186 valence electrons. The fourth-order valence-electron chi connectivity index (χ4n) is 4.32. The highest BCUT2D eigenvalue weighted by Gasteiger charge is 2.42. The SMILES string of the molecule is Cc1cccc(NC(=O)N2CCN(C(=O)Cc3ccccc3)C2C(=O)NCc2cccc(CN)c2)c1. The van der Waals surface area contributed by atoms with Crippen LogP contribution in [-0.2, 0) is 29.1 Å². The van der Waals surface area contributed by atoms with Gasteiger partial charge in [0.05, 0.1) is 6.42 Å². The summed E-state index contributed by atoms with van der Waals surface area (Å²) in [6.45, 7) is 3.12. The molecule has 1 saturated heterocycles. The van der Waals surface area contributed by atoms with Gasteiger partial charge in [-0.1, -0.05) is 66.7 Å². The van der Waals surface area contributed by atoms with Crippen molar-refractivity contribution in [3.8, 4) is 0 Å². The molecule has 0 spiro atoms. The Morgan fingerprint density at radius 3 is 2.31 bits per heavy atom. The number of hydrogen-bond acceptors (Lipinski definition) is 4. The number of nitrogens with one attached hydrogen (secondary N) is 2. The Morgan fingerprint density at radius 1 is 0.861 bits per heavy atom. The van der Waals surface area contributed by atoms with Crippen molar-refractivity contribution in [2.45, 2.75) is 32.6 Å². The summed E-state index contributed by atoms with van der Waals surface area (Å²) in [5.74, 6) is -0.621. The minimum absolute atomic E-state index is 0.149. The number of anilines is 1. The molecule has 36 heavy (non-hydrogen) atoms. The molecule has 1 unspecified atom stereocenters. The molecule has 1 fully saturated rings. The first-order valence-corrected chi connectivity index (χ1v) is 12.0. The minimum atomic E-state index is -1.05. The van der Waals surface area contributed by atoms with Crippen molar-refractivity contribution < 1.29 is 14.4 Å². The maximum Gasteiger partial charge on any atom is 0.323 e.